The van der Waals surface area contributed by atoms with Crippen molar-refractivity contribution in [2.45, 2.75) is 39.7 Å². The van der Waals surface area contributed by atoms with Crippen molar-refractivity contribution in [2.75, 3.05) is 26.2 Å². The average Bonchev–Trinajstić information content (AvgIpc) is 2.97. The molecule has 1 aromatic carbocycles. The Bertz CT molecular complexity index is 847. The van der Waals surface area contributed by atoms with E-state index >= 15 is 0 Å². The van der Waals surface area contributed by atoms with Crippen LogP contribution in [0.15, 0.2) is 18.2 Å². The van der Waals surface area contributed by atoms with Crippen LogP contribution in [0.3, 0.4) is 0 Å². The summed E-state index contributed by atoms with van der Waals surface area (Å²) in [6.45, 7) is 10.3. The lowest BCUT2D eigenvalue weighted by molar-refractivity contribution is 0.0664. The minimum atomic E-state index is -0.0618. The van der Waals surface area contributed by atoms with Gasteiger partial charge < -0.3 is 19.7 Å². The second-order valence-electron chi connectivity index (χ2n) is 7.77. The molecule has 0 bridgehead atoms. The molecule has 27 heavy (non-hydrogen) atoms. The zero-order chi connectivity index (χ0) is 19.7. The maximum absolute atomic E-state index is 12.9. The average molecular weight is 371 g/mol. The van der Waals surface area contributed by atoms with E-state index < -0.39 is 0 Å². The molecule has 0 atom stereocenters. The zero-order valence-corrected chi connectivity index (χ0v) is 16.8. The highest BCUT2D eigenvalue weighted by atomic mass is 16.2. The van der Waals surface area contributed by atoms with E-state index in [1.54, 1.807) is 4.90 Å². The molecule has 1 aliphatic rings. The van der Waals surface area contributed by atoms with Gasteiger partial charge in [-0.05, 0) is 32.0 Å². The Morgan fingerprint density at radius 2 is 1.67 bits per heavy atom. The monoisotopic (exact) mass is 371 g/mol. The summed E-state index contributed by atoms with van der Waals surface area (Å²) in [5.41, 5.74) is 2.53. The van der Waals surface area contributed by atoms with Gasteiger partial charge in [0, 0.05) is 50.7 Å². The minimum Gasteiger partial charge on any atom is -0.336 e. The molecule has 0 unspecified atom stereocenters. The van der Waals surface area contributed by atoms with Gasteiger partial charge in [-0.15, -0.1) is 0 Å². The van der Waals surface area contributed by atoms with Crippen LogP contribution in [0.25, 0.3) is 11.0 Å². The predicted octanol–water partition coefficient (Wildman–Crippen LogP) is 2.57. The van der Waals surface area contributed by atoms with Crippen molar-refractivity contribution in [3.63, 3.8) is 0 Å². The number of hydrogen-bond donors (Lipinski definition) is 1. The van der Waals surface area contributed by atoms with E-state index in [0.29, 0.717) is 37.7 Å². The molecule has 0 spiro atoms. The maximum atomic E-state index is 12.9. The van der Waals surface area contributed by atoms with Gasteiger partial charge in [0.05, 0.1) is 11.0 Å². The molecule has 7 heteroatoms. The Balaban J connectivity index is 1.70. The summed E-state index contributed by atoms with van der Waals surface area (Å²) in [6, 6.07) is 5.76. The summed E-state index contributed by atoms with van der Waals surface area (Å²) in [6.07, 6.45) is 0. The number of urea groups is 1. The first-order valence-electron chi connectivity index (χ1n) is 9.59. The first-order chi connectivity index (χ1) is 12.8. The van der Waals surface area contributed by atoms with Gasteiger partial charge in [-0.2, -0.15) is 0 Å². The molecule has 7 nitrogen and oxygen atoms in total. The number of piperazine rings is 1. The predicted molar refractivity (Wildman–Crippen MR) is 106 cm³/mol. The number of imidazole rings is 1. The van der Waals surface area contributed by atoms with Crippen LogP contribution in [0, 0.1) is 0 Å². The van der Waals surface area contributed by atoms with Gasteiger partial charge in [-0.3, -0.25) is 4.79 Å². The molecular weight excluding hydrogens is 342 g/mol. The Morgan fingerprint density at radius 1 is 1.04 bits per heavy atom. The van der Waals surface area contributed by atoms with E-state index in [4.69, 9.17) is 4.98 Å². The van der Waals surface area contributed by atoms with Gasteiger partial charge in [0.15, 0.2) is 0 Å². The molecule has 3 amide bonds. The topological polar surface area (TPSA) is 70.5 Å². The molecule has 0 saturated carbocycles. The molecule has 1 saturated heterocycles. The highest BCUT2D eigenvalue weighted by molar-refractivity contribution is 5.97. The van der Waals surface area contributed by atoms with Crippen LogP contribution in [-0.4, -0.2) is 63.5 Å². The fourth-order valence-corrected chi connectivity index (χ4v) is 3.50. The van der Waals surface area contributed by atoms with Crippen molar-refractivity contribution >= 4 is 23.0 Å². The molecule has 146 valence electrons. The Morgan fingerprint density at radius 3 is 2.26 bits per heavy atom. The lowest BCUT2D eigenvalue weighted by Crippen LogP contribution is -2.54. The minimum absolute atomic E-state index is 0.00225. The van der Waals surface area contributed by atoms with Crippen molar-refractivity contribution in [1.29, 1.82) is 0 Å². The molecular formula is C20H29N5O2. The number of aryl methyl sites for hydroxylation is 1. The Hall–Kier alpha value is -2.57. The maximum Gasteiger partial charge on any atom is 0.317 e. The number of aromatic nitrogens is 2. The molecule has 1 aromatic heterocycles. The Labute approximate surface area is 160 Å². The number of carbonyl (C=O) groups excluding carboxylic acids is 2. The standard InChI is InChI=1S/C20H29N5O2/c1-13(2)18-22-16-12-15(6-7-17(16)23(18)5)19(26)24-8-10-25(11-9-24)20(27)21-14(3)4/h6-7,12-14H,8-11H2,1-5H3,(H,21,27). The third kappa shape index (κ3) is 3.91. The second kappa shape index (κ2) is 7.58. The van der Waals surface area contributed by atoms with E-state index in [9.17, 15) is 9.59 Å². The number of carbonyl (C=O) groups is 2. The number of rotatable bonds is 3. The SMILES string of the molecule is CC(C)NC(=O)N1CCN(C(=O)c2ccc3c(c2)nc(C(C)C)n3C)CC1. The van der Waals surface area contributed by atoms with E-state index in [2.05, 4.69) is 23.7 Å². The molecule has 1 fully saturated rings. The molecule has 1 N–H and O–H groups in total. The van der Waals surface area contributed by atoms with E-state index in [-0.39, 0.29) is 18.0 Å². The van der Waals surface area contributed by atoms with Gasteiger partial charge in [0.2, 0.25) is 0 Å². The molecule has 3 rings (SSSR count). The fourth-order valence-electron chi connectivity index (χ4n) is 3.50. The number of hydrogen-bond acceptors (Lipinski definition) is 3. The largest absolute Gasteiger partial charge is 0.336 e. The Kier molecular flexibility index (Phi) is 5.39. The van der Waals surface area contributed by atoms with E-state index in [1.165, 1.54) is 0 Å². The van der Waals surface area contributed by atoms with Gasteiger partial charge in [0.25, 0.3) is 5.91 Å². The van der Waals surface area contributed by atoms with Crippen LogP contribution in [-0.2, 0) is 7.05 Å². The van der Waals surface area contributed by atoms with Crippen LogP contribution in [0.2, 0.25) is 0 Å². The first-order valence-corrected chi connectivity index (χ1v) is 9.59. The van der Waals surface area contributed by atoms with Gasteiger partial charge in [-0.25, -0.2) is 9.78 Å². The smallest absolute Gasteiger partial charge is 0.317 e. The van der Waals surface area contributed by atoms with E-state index in [0.717, 1.165) is 16.9 Å². The second-order valence-corrected chi connectivity index (χ2v) is 7.77. The van der Waals surface area contributed by atoms with Crippen LogP contribution < -0.4 is 5.32 Å². The summed E-state index contributed by atoms with van der Waals surface area (Å²) < 4.78 is 2.08. The molecule has 1 aliphatic heterocycles. The van der Waals surface area contributed by atoms with Gasteiger partial charge >= 0.3 is 6.03 Å². The van der Waals surface area contributed by atoms with Crippen molar-refractivity contribution < 1.29 is 9.59 Å². The summed E-state index contributed by atoms with van der Waals surface area (Å²) >= 11 is 0. The lowest BCUT2D eigenvalue weighted by atomic mass is 10.1. The summed E-state index contributed by atoms with van der Waals surface area (Å²) in [5.74, 6) is 1.34. The summed E-state index contributed by atoms with van der Waals surface area (Å²) in [7, 11) is 2.01. The van der Waals surface area contributed by atoms with Crippen LogP contribution in [0.5, 0.6) is 0 Å². The van der Waals surface area contributed by atoms with Crippen LogP contribution in [0.4, 0.5) is 4.79 Å². The van der Waals surface area contributed by atoms with Crippen LogP contribution in [0.1, 0.15) is 49.8 Å². The highest BCUT2D eigenvalue weighted by Gasteiger charge is 2.25. The van der Waals surface area contributed by atoms with Crippen molar-refractivity contribution in [3.05, 3.63) is 29.6 Å². The quantitative estimate of drug-likeness (QED) is 0.901. The van der Waals surface area contributed by atoms with Crippen LogP contribution >= 0.6 is 0 Å². The van der Waals surface area contributed by atoms with E-state index in [1.807, 2.05) is 44.0 Å². The normalized spacial score (nSPS) is 15.1. The van der Waals surface area contributed by atoms with Crippen molar-refractivity contribution in [3.8, 4) is 0 Å². The van der Waals surface area contributed by atoms with Crippen molar-refractivity contribution in [2.24, 2.45) is 7.05 Å². The highest BCUT2D eigenvalue weighted by Crippen LogP contribution is 2.22. The molecule has 2 aromatic rings. The fraction of sp³-hybridized carbons (Fsp3) is 0.550. The number of amides is 3. The number of nitrogens with one attached hydrogen (secondary N) is 1. The first kappa shape index (κ1) is 19.2. The van der Waals surface area contributed by atoms with Crippen molar-refractivity contribution in [1.82, 2.24) is 24.7 Å². The third-order valence-corrected chi connectivity index (χ3v) is 4.95. The third-order valence-electron chi connectivity index (χ3n) is 4.95. The van der Waals surface area contributed by atoms with Gasteiger partial charge in [0.1, 0.15) is 5.82 Å². The summed E-state index contributed by atoms with van der Waals surface area (Å²) in [4.78, 5) is 33.3. The number of nitrogens with zero attached hydrogens (tertiary/aromatic N) is 4. The number of benzene rings is 1. The summed E-state index contributed by atoms with van der Waals surface area (Å²) in [5, 5.41) is 2.90. The molecule has 2 heterocycles. The number of fused-ring (bicyclic) bond motifs is 1. The molecule has 0 radical (unpaired) electrons. The molecule has 0 aliphatic carbocycles. The lowest BCUT2D eigenvalue weighted by Gasteiger charge is -2.35. The van der Waals surface area contributed by atoms with Gasteiger partial charge in [-0.1, -0.05) is 13.8 Å². The zero-order valence-electron chi connectivity index (χ0n) is 16.8.